The molecule has 0 radical (unpaired) electrons. The third kappa shape index (κ3) is 3.57. The molecule has 1 saturated heterocycles. The fourth-order valence-electron chi connectivity index (χ4n) is 3.34. The van der Waals surface area contributed by atoms with E-state index in [-0.39, 0.29) is 5.91 Å². The predicted octanol–water partition coefficient (Wildman–Crippen LogP) is 2.51. The number of anilines is 1. The predicted molar refractivity (Wildman–Crippen MR) is 115 cm³/mol. The van der Waals surface area contributed by atoms with Crippen LogP contribution >= 0.6 is 22.7 Å². The lowest BCUT2D eigenvalue weighted by Gasteiger charge is -2.35. The summed E-state index contributed by atoms with van der Waals surface area (Å²) in [6.45, 7) is 4.58. The van der Waals surface area contributed by atoms with Crippen molar-refractivity contribution in [2.45, 2.75) is 6.92 Å². The lowest BCUT2D eigenvalue weighted by molar-refractivity contribution is 0.0750. The molecule has 30 heavy (non-hydrogen) atoms. The highest BCUT2D eigenvalue weighted by Crippen LogP contribution is 2.32. The Morgan fingerprint density at radius 1 is 1.10 bits per heavy atom. The molecule has 11 heteroatoms. The molecule has 0 saturated carbocycles. The number of hydrogen-bond acceptors (Lipinski definition) is 9. The molecule has 5 rings (SSSR count). The number of carbonyl (C=O) groups is 1. The molecule has 0 aromatic carbocycles. The quantitative estimate of drug-likeness (QED) is 0.483. The molecular weight excluding hydrogens is 420 g/mol. The van der Waals surface area contributed by atoms with Crippen LogP contribution in [0.2, 0.25) is 0 Å². The van der Waals surface area contributed by atoms with E-state index >= 15 is 0 Å². The van der Waals surface area contributed by atoms with Gasteiger partial charge in [-0.05, 0) is 18.4 Å². The summed E-state index contributed by atoms with van der Waals surface area (Å²) in [7, 11) is 0. The van der Waals surface area contributed by atoms with Crippen LogP contribution in [0.25, 0.3) is 15.7 Å². The third-order valence-electron chi connectivity index (χ3n) is 4.91. The van der Waals surface area contributed by atoms with Crippen LogP contribution in [-0.2, 0) is 0 Å². The first-order valence-corrected chi connectivity index (χ1v) is 11.1. The summed E-state index contributed by atoms with van der Waals surface area (Å²) in [6.07, 6.45) is 4.60. The van der Waals surface area contributed by atoms with Crippen LogP contribution in [0.15, 0.2) is 42.6 Å². The maximum atomic E-state index is 13.1. The van der Waals surface area contributed by atoms with Gasteiger partial charge in [0.15, 0.2) is 5.82 Å². The van der Waals surface area contributed by atoms with Crippen molar-refractivity contribution >= 4 is 34.4 Å². The minimum Gasteiger partial charge on any atom is -0.353 e. The van der Waals surface area contributed by atoms with E-state index < -0.39 is 0 Å². The first kappa shape index (κ1) is 18.8. The zero-order valence-corrected chi connectivity index (χ0v) is 17.8. The summed E-state index contributed by atoms with van der Waals surface area (Å²) in [6, 6.07) is 5.91. The highest BCUT2D eigenvalue weighted by molar-refractivity contribution is 7.22. The van der Waals surface area contributed by atoms with Gasteiger partial charge < -0.3 is 9.80 Å². The second-order valence-electron chi connectivity index (χ2n) is 6.76. The Balaban J connectivity index is 1.27. The molecule has 1 fully saturated rings. The Hall–Kier alpha value is -3.18. The SMILES string of the molecule is Cc1nc(-c2cccs2)sc1C(=O)N1CCN(c2cc(-n3cncn3)ncn2)CC1. The third-order valence-corrected chi connectivity index (χ3v) is 7.09. The molecule has 9 nitrogen and oxygen atoms in total. The number of aryl methyl sites for hydroxylation is 1. The van der Waals surface area contributed by atoms with Crippen LogP contribution in [0.5, 0.6) is 0 Å². The van der Waals surface area contributed by atoms with Gasteiger partial charge in [0.2, 0.25) is 0 Å². The summed E-state index contributed by atoms with van der Waals surface area (Å²) in [4.78, 5) is 36.2. The van der Waals surface area contributed by atoms with Crippen molar-refractivity contribution < 1.29 is 4.79 Å². The number of hydrogen-bond donors (Lipinski definition) is 0. The van der Waals surface area contributed by atoms with Gasteiger partial charge >= 0.3 is 0 Å². The Kier molecular flexibility index (Phi) is 4.97. The van der Waals surface area contributed by atoms with Gasteiger partial charge in [0.25, 0.3) is 5.91 Å². The monoisotopic (exact) mass is 438 g/mol. The molecule has 0 atom stereocenters. The van der Waals surface area contributed by atoms with Gasteiger partial charge in [-0.3, -0.25) is 4.79 Å². The summed E-state index contributed by atoms with van der Waals surface area (Å²) in [5, 5.41) is 7.04. The molecule has 4 aromatic heterocycles. The fraction of sp³-hybridized carbons (Fsp3) is 0.263. The molecular formula is C19H18N8OS2. The molecule has 0 aliphatic carbocycles. The van der Waals surface area contributed by atoms with Crippen LogP contribution in [0, 0.1) is 6.92 Å². The number of rotatable bonds is 4. The zero-order valence-electron chi connectivity index (χ0n) is 16.2. The fourth-order valence-corrected chi connectivity index (χ4v) is 5.18. The smallest absolute Gasteiger partial charge is 0.265 e. The second kappa shape index (κ2) is 7.92. The Labute approximate surface area is 180 Å². The van der Waals surface area contributed by atoms with Gasteiger partial charge in [-0.25, -0.2) is 24.6 Å². The molecule has 152 valence electrons. The van der Waals surface area contributed by atoms with Crippen LogP contribution < -0.4 is 4.90 Å². The van der Waals surface area contributed by atoms with Gasteiger partial charge in [0.05, 0.1) is 10.6 Å². The number of amides is 1. The van der Waals surface area contributed by atoms with Crippen molar-refractivity contribution in [2.75, 3.05) is 31.1 Å². The van der Waals surface area contributed by atoms with E-state index in [2.05, 4.69) is 29.9 Å². The minimum absolute atomic E-state index is 0.0541. The van der Waals surface area contributed by atoms with Gasteiger partial charge in [-0.1, -0.05) is 6.07 Å². The highest BCUT2D eigenvalue weighted by atomic mass is 32.1. The minimum atomic E-state index is 0.0541. The molecule has 0 bridgehead atoms. The van der Waals surface area contributed by atoms with E-state index in [1.54, 1.807) is 22.3 Å². The molecule has 4 aromatic rings. The molecule has 0 unspecified atom stereocenters. The maximum Gasteiger partial charge on any atom is 0.265 e. The van der Waals surface area contributed by atoms with Crippen LogP contribution in [0.3, 0.4) is 0 Å². The number of carbonyl (C=O) groups excluding carboxylic acids is 1. The van der Waals surface area contributed by atoms with Gasteiger partial charge in [-0.2, -0.15) is 5.10 Å². The normalized spacial score (nSPS) is 14.3. The lowest BCUT2D eigenvalue weighted by Crippen LogP contribution is -2.49. The molecule has 1 aliphatic heterocycles. The molecule has 0 spiro atoms. The Morgan fingerprint density at radius 2 is 1.93 bits per heavy atom. The first-order chi connectivity index (χ1) is 14.7. The van der Waals surface area contributed by atoms with E-state index in [0.717, 1.165) is 26.3 Å². The van der Waals surface area contributed by atoms with Crippen LogP contribution in [0.1, 0.15) is 15.4 Å². The van der Waals surface area contributed by atoms with E-state index in [1.807, 2.05) is 35.4 Å². The summed E-state index contributed by atoms with van der Waals surface area (Å²) in [5.41, 5.74) is 0.795. The zero-order chi connectivity index (χ0) is 20.5. The molecule has 1 aliphatic rings. The average Bonchev–Trinajstić information content (AvgIpc) is 3.55. The molecule has 5 heterocycles. The van der Waals surface area contributed by atoms with Gasteiger partial charge in [0, 0.05) is 32.2 Å². The molecule has 0 N–H and O–H groups in total. The summed E-state index contributed by atoms with van der Waals surface area (Å²) in [5.74, 6) is 1.53. The van der Waals surface area contributed by atoms with Crippen molar-refractivity contribution in [3.63, 3.8) is 0 Å². The van der Waals surface area contributed by atoms with Crippen molar-refractivity contribution in [2.24, 2.45) is 0 Å². The first-order valence-electron chi connectivity index (χ1n) is 9.41. The van der Waals surface area contributed by atoms with Crippen molar-refractivity contribution in [3.05, 3.63) is 53.1 Å². The van der Waals surface area contributed by atoms with Crippen LogP contribution in [0.4, 0.5) is 5.82 Å². The number of thiazole rings is 1. The van der Waals surface area contributed by atoms with E-state index in [4.69, 9.17) is 0 Å². The number of aromatic nitrogens is 6. The van der Waals surface area contributed by atoms with Crippen molar-refractivity contribution in [3.8, 4) is 15.7 Å². The standard InChI is InChI=1S/C19H18N8OS2/c1-13-17(30-18(24-13)14-3-2-8-29-14)19(28)26-6-4-25(5-7-26)15-9-16(22-11-21-15)27-12-20-10-23-27/h2-3,8-12H,4-7H2,1H3. The maximum absolute atomic E-state index is 13.1. The Bertz CT molecular complexity index is 1150. The van der Waals surface area contributed by atoms with Gasteiger partial charge in [-0.15, -0.1) is 22.7 Å². The van der Waals surface area contributed by atoms with Gasteiger partial charge in [0.1, 0.15) is 34.7 Å². The van der Waals surface area contributed by atoms with E-state index in [0.29, 0.717) is 32.0 Å². The second-order valence-corrected chi connectivity index (χ2v) is 8.71. The molecule has 1 amide bonds. The topological polar surface area (TPSA) is 92.9 Å². The van der Waals surface area contributed by atoms with Crippen molar-refractivity contribution in [1.82, 2.24) is 34.6 Å². The van der Waals surface area contributed by atoms with E-state index in [9.17, 15) is 4.79 Å². The highest BCUT2D eigenvalue weighted by Gasteiger charge is 2.26. The number of thiophene rings is 1. The summed E-state index contributed by atoms with van der Waals surface area (Å²) < 4.78 is 1.60. The average molecular weight is 439 g/mol. The Morgan fingerprint density at radius 3 is 2.67 bits per heavy atom. The van der Waals surface area contributed by atoms with Crippen LogP contribution in [-0.4, -0.2) is 66.7 Å². The number of nitrogens with zero attached hydrogens (tertiary/aromatic N) is 8. The van der Waals surface area contributed by atoms with E-state index in [1.165, 1.54) is 24.0 Å². The van der Waals surface area contributed by atoms with Crippen molar-refractivity contribution in [1.29, 1.82) is 0 Å². The largest absolute Gasteiger partial charge is 0.353 e. The summed E-state index contributed by atoms with van der Waals surface area (Å²) >= 11 is 3.11. The lowest BCUT2D eigenvalue weighted by atomic mass is 10.2. The number of piperazine rings is 1.